The molecule has 166 valence electrons. The fourth-order valence-electron chi connectivity index (χ4n) is 3.83. The molecular formula is C27H25N3O3. The lowest BCUT2D eigenvalue weighted by atomic mass is 10.1. The number of Topliss-reactive ketones (excluding diaryl/α,β-unsaturated/α-hetero) is 1. The maximum absolute atomic E-state index is 13.0. The summed E-state index contributed by atoms with van der Waals surface area (Å²) in [5.41, 5.74) is 4.74. The van der Waals surface area contributed by atoms with Crippen LogP contribution in [0.1, 0.15) is 32.1 Å². The third kappa shape index (κ3) is 4.55. The fourth-order valence-corrected chi connectivity index (χ4v) is 3.83. The van der Waals surface area contributed by atoms with Gasteiger partial charge in [-0.2, -0.15) is 5.10 Å². The van der Waals surface area contributed by atoms with E-state index in [4.69, 9.17) is 4.74 Å². The predicted molar refractivity (Wildman–Crippen MR) is 128 cm³/mol. The quantitative estimate of drug-likeness (QED) is 0.215. The van der Waals surface area contributed by atoms with Gasteiger partial charge >= 0.3 is 5.97 Å². The Hall–Kier alpha value is -4.19. The van der Waals surface area contributed by atoms with Crippen LogP contribution in [0.3, 0.4) is 0 Å². The average molecular weight is 440 g/mol. The molecule has 2 aromatic heterocycles. The van der Waals surface area contributed by atoms with Gasteiger partial charge in [-0.3, -0.25) is 4.79 Å². The number of benzene rings is 2. The van der Waals surface area contributed by atoms with Gasteiger partial charge in [0.2, 0.25) is 5.78 Å². The largest absolute Gasteiger partial charge is 0.454 e. The molecule has 0 bridgehead atoms. The van der Waals surface area contributed by atoms with E-state index in [2.05, 4.69) is 11.7 Å². The van der Waals surface area contributed by atoms with E-state index in [0.717, 1.165) is 22.6 Å². The summed E-state index contributed by atoms with van der Waals surface area (Å²) in [5, 5.41) is 4.62. The zero-order valence-corrected chi connectivity index (χ0v) is 18.7. The zero-order valence-electron chi connectivity index (χ0n) is 18.7. The molecule has 0 aliphatic rings. The number of carbonyl (C=O) groups excluding carboxylic acids is 2. The molecule has 0 spiro atoms. The van der Waals surface area contributed by atoms with Crippen molar-refractivity contribution < 1.29 is 14.3 Å². The molecular weight excluding hydrogens is 414 g/mol. The van der Waals surface area contributed by atoms with Gasteiger partial charge in [0, 0.05) is 35.3 Å². The molecule has 2 aromatic carbocycles. The Balaban J connectivity index is 1.59. The second-order valence-electron chi connectivity index (χ2n) is 7.72. The molecule has 0 amide bonds. The molecule has 0 N–H and O–H groups in total. The fraction of sp³-hybridized carbons (Fsp3) is 0.148. The van der Waals surface area contributed by atoms with Crippen LogP contribution in [0, 0.1) is 13.8 Å². The molecule has 0 aliphatic heterocycles. The van der Waals surface area contributed by atoms with E-state index < -0.39 is 5.97 Å². The van der Waals surface area contributed by atoms with E-state index >= 15 is 0 Å². The standard InChI is InChI=1S/C27H25N3O3/c1-4-15-29-19(2)16-23(20(29)3)25(31)18-33-27(32)24-17-30(22-13-9-6-10-14-22)28-26(24)21-11-7-5-8-12-21/h4-14,16-17H,1,15,18H2,2-3H3. The van der Waals surface area contributed by atoms with Crippen molar-refractivity contribution in [3.05, 3.63) is 108 Å². The number of ether oxygens (including phenoxy) is 1. The Bertz CT molecular complexity index is 1300. The Kier molecular flexibility index (Phi) is 6.36. The lowest BCUT2D eigenvalue weighted by Crippen LogP contribution is -2.15. The van der Waals surface area contributed by atoms with Crippen molar-refractivity contribution in [2.75, 3.05) is 6.61 Å². The zero-order chi connectivity index (χ0) is 23.4. The first-order chi connectivity index (χ1) is 16.0. The molecule has 0 aliphatic carbocycles. The van der Waals surface area contributed by atoms with E-state index in [1.54, 1.807) is 17.0 Å². The molecule has 6 nitrogen and oxygen atoms in total. The highest BCUT2D eigenvalue weighted by Crippen LogP contribution is 2.24. The van der Waals surface area contributed by atoms with Crippen LogP contribution in [-0.4, -0.2) is 32.7 Å². The minimum absolute atomic E-state index is 0.247. The molecule has 0 saturated carbocycles. The van der Waals surface area contributed by atoms with Crippen molar-refractivity contribution >= 4 is 11.8 Å². The highest BCUT2D eigenvalue weighted by atomic mass is 16.5. The van der Waals surface area contributed by atoms with Gasteiger partial charge < -0.3 is 9.30 Å². The maximum atomic E-state index is 13.0. The number of carbonyl (C=O) groups is 2. The lowest BCUT2D eigenvalue weighted by molar-refractivity contribution is 0.0475. The van der Waals surface area contributed by atoms with Gasteiger partial charge in [0.25, 0.3) is 0 Å². The number of hydrogen-bond donors (Lipinski definition) is 0. The number of aromatic nitrogens is 3. The third-order valence-electron chi connectivity index (χ3n) is 5.52. The van der Waals surface area contributed by atoms with Crippen LogP contribution >= 0.6 is 0 Å². The Morgan fingerprint density at radius 1 is 1.00 bits per heavy atom. The van der Waals surface area contributed by atoms with Crippen molar-refractivity contribution in [1.29, 1.82) is 0 Å². The summed E-state index contributed by atoms with van der Waals surface area (Å²) in [6.07, 6.45) is 3.42. The summed E-state index contributed by atoms with van der Waals surface area (Å²) in [6.45, 7) is 7.84. The topological polar surface area (TPSA) is 66.1 Å². The molecule has 6 heteroatoms. The maximum Gasteiger partial charge on any atom is 0.342 e. The number of allylic oxidation sites excluding steroid dienone is 1. The number of aryl methyl sites for hydroxylation is 1. The normalized spacial score (nSPS) is 10.7. The second-order valence-corrected chi connectivity index (χ2v) is 7.72. The van der Waals surface area contributed by atoms with E-state index in [0.29, 0.717) is 23.4 Å². The number of esters is 1. The van der Waals surface area contributed by atoms with Gasteiger partial charge in [0.15, 0.2) is 6.61 Å². The van der Waals surface area contributed by atoms with E-state index in [1.807, 2.05) is 85.1 Å². The van der Waals surface area contributed by atoms with Crippen LogP contribution in [-0.2, 0) is 11.3 Å². The van der Waals surface area contributed by atoms with Crippen molar-refractivity contribution in [1.82, 2.24) is 14.3 Å². The minimum Gasteiger partial charge on any atom is -0.454 e. The van der Waals surface area contributed by atoms with Crippen LogP contribution in [0.25, 0.3) is 16.9 Å². The number of para-hydroxylation sites is 1. The summed E-state index contributed by atoms with van der Waals surface area (Å²) in [4.78, 5) is 25.8. The molecule has 4 rings (SSSR count). The second kappa shape index (κ2) is 9.53. The molecule has 0 fully saturated rings. The van der Waals surface area contributed by atoms with Crippen LogP contribution in [0.2, 0.25) is 0 Å². The average Bonchev–Trinajstić information content (AvgIpc) is 3.41. The van der Waals surface area contributed by atoms with Gasteiger partial charge in [-0.25, -0.2) is 9.48 Å². The number of ketones is 1. The number of rotatable bonds is 8. The first kappa shape index (κ1) is 22.0. The van der Waals surface area contributed by atoms with Gasteiger partial charge in [-0.1, -0.05) is 54.6 Å². The van der Waals surface area contributed by atoms with Gasteiger partial charge in [-0.05, 0) is 32.0 Å². The van der Waals surface area contributed by atoms with Crippen molar-refractivity contribution in [2.45, 2.75) is 20.4 Å². The highest BCUT2D eigenvalue weighted by molar-refractivity contribution is 6.01. The molecule has 0 saturated heterocycles. The van der Waals surface area contributed by atoms with Crippen molar-refractivity contribution in [2.24, 2.45) is 0 Å². The van der Waals surface area contributed by atoms with E-state index in [-0.39, 0.29) is 12.4 Å². The first-order valence-corrected chi connectivity index (χ1v) is 10.7. The van der Waals surface area contributed by atoms with E-state index in [1.165, 1.54) is 0 Å². The smallest absolute Gasteiger partial charge is 0.342 e. The Labute approximate surface area is 192 Å². The SMILES string of the molecule is C=CCn1c(C)cc(C(=O)COC(=O)c2cn(-c3ccccc3)nc2-c2ccccc2)c1C. The molecule has 0 atom stereocenters. The van der Waals surface area contributed by atoms with Gasteiger partial charge in [-0.15, -0.1) is 6.58 Å². The molecule has 0 unspecified atom stereocenters. The van der Waals surface area contributed by atoms with Crippen LogP contribution in [0.15, 0.2) is 85.6 Å². The molecule has 2 heterocycles. The summed E-state index contributed by atoms with van der Waals surface area (Å²) < 4.78 is 9.09. The monoisotopic (exact) mass is 439 g/mol. The van der Waals surface area contributed by atoms with E-state index in [9.17, 15) is 9.59 Å². The summed E-state index contributed by atoms with van der Waals surface area (Å²) >= 11 is 0. The van der Waals surface area contributed by atoms with Crippen LogP contribution < -0.4 is 0 Å². The minimum atomic E-state index is -0.593. The van der Waals surface area contributed by atoms with Gasteiger partial charge in [0.05, 0.1) is 5.69 Å². The number of hydrogen-bond acceptors (Lipinski definition) is 4. The van der Waals surface area contributed by atoms with Crippen LogP contribution in [0.4, 0.5) is 0 Å². The number of nitrogens with zero attached hydrogens (tertiary/aromatic N) is 3. The lowest BCUT2D eigenvalue weighted by Gasteiger charge is -2.07. The third-order valence-corrected chi connectivity index (χ3v) is 5.52. The molecule has 33 heavy (non-hydrogen) atoms. The highest BCUT2D eigenvalue weighted by Gasteiger charge is 2.22. The predicted octanol–water partition coefficient (Wildman–Crippen LogP) is 5.18. The molecule has 0 radical (unpaired) electrons. The Morgan fingerprint density at radius 3 is 2.33 bits per heavy atom. The van der Waals surface area contributed by atoms with Gasteiger partial charge in [0.1, 0.15) is 11.3 Å². The summed E-state index contributed by atoms with van der Waals surface area (Å²) in [5.74, 6) is -0.840. The Morgan fingerprint density at radius 2 is 1.67 bits per heavy atom. The summed E-state index contributed by atoms with van der Waals surface area (Å²) in [7, 11) is 0. The van der Waals surface area contributed by atoms with Crippen LogP contribution in [0.5, 0.6) is 0 Å². The van der Waals surface area contributed by atoms with Crippen molar-refractivity contribution in [3.63, 3.8) is 0 Å². The van der Waals surface area contributed by atoms with Crippen molar-refractivity contribution in [3.8, 4) is 16.9 Å². The summed E-state index contributed by atoms with van der Waals surface area (Å²) in [6, 6.07) is 20.8. The first-order valence-electron chi connectivity index (χ1n) is 10.7. The molecule has 4 aromatic rings.